The van der Waals surface area contributed by atoms with E-state index in [0.29, 0.717) is 30.1 Å². The van der Waals surface area contributed by atoms with Crippen LogP contribution < -0.4 is 0 Å². The second kappa shape index (κ2) is 6.88. The standard InChI is InChI=1S/C24H38N2O2/c1-6-26(7-2)22(28)19-10-9-17-16-8-11-20-24(4,15-13-21(27)25(20)5)18(16)12-14-23(17,19)3/h11,16-19H,6-10,12-15H2,1-5H3/t16?,17?,18?,19?,23-,24+/m0/s1. The molecule has 2 amide bonds. The fourth-order valence-corrected chi connectivity index (χ4v) is 7.74. The minimum atomic E-state index is 0.133. The molecule has 0 radical (unpaired) electrons. The molecule has 0 bridgehead atoms. The molecular weight excluding hydrogens is 348 g/mol. The molecule has 0 spiro atoms. The summed E-state index contributed by atoms with van der Waals surface area (Å²) in [7, 11) is 1.97. The number of amides is 2. The van der Waals surface area contributed by atoms with Gasteiger partial charge in [0.15, 0.2) is 0 Å². The highest BCUT2D eigenvalue weighted by Gasteiger charge is 2.60. The van der Waals surface area contributed by atoms with Gasteiger partial charge >= 0.3 is 0 Å². The van der Waals surface area contributed by atoms with Crippen molar-refractivity contribution in [1.29, 1.82) is 0 Å². The molecule has 3 aliphatic carbocycles. The second-order valence-electron chi connectivity index (χ2n) is 10.3. The average Bonchev–Trinajstić information content (AvgIpc) is 3.03. The van der Waals surface area contributed by atoms with Gasteiger partial charge in [-0.2, -0.15) is 0 Å². The van der Waals surface area contributed by atoms with Crippen molar-refractivity contribution in [2.45, 2.75) is 72.6 Å². The summed E-state index contributed by atoms with van der Waals surface area (Å²) in [6.07, 6.45) is 9.76. The molecule has 1 heterocycles. The zero-order valence-corrected chi connectivity index (χ0v) is 18.5. The molecule has 4 unspecified atom stereocenters. The highest BCUT2D eigenvalue weighted by atomic mass is 16.2. The fourth-order valence-electron chi connectivity index (χ4n) is 7.74. The number of carbonyl (C=O) groups excluding carboxylic acids is 2. The number of carbonyl (C=O) groups is 2. The number of hydrogen-bond donors (Lipinski definition) is 0. The molecule has 156 valence electrons. The summed E-state index contributed by atoms with van der Waals surface area (Å²) in [5.41, 5.74) is 1.56. The summed E-state index contributed by atoms with van der Waals surface area (Å²) in [6.45, 7) is 10.7. The highest BCUT2D eigenvalue weighted by Crippen LogP contribution is 2.66. The molecule has 2 saturated carbocycles. The summed E-state index contributed by atoms with van der Waals surface area (Å²) in [6, 6.07) is 0. The number of likely N-dealkylation sites (tertiary alicyclic amines) is 1. The minimum absolute atomic E-state index is 0.133. The Morgan fingerprint density at radius 1 is 1.14 bits per heavy atom. The Morgan fingerprint density at radius 2 is 1.86 bits per heavy atom. The van der Waals surface area contributed by atoms with Crippen molar-refractivity contribution in [2.24, 2.45) is 34.5 Å². The van der Waals surface area contributed by atoms with Gasteiger partial charge in [-0.3, -0.25) is 9.59 Å². The van der Waals surface area contributed by atoms with Gasteiger partial charge in [-0.15, -0.1) is 0 Å². The molecule has 4 nitrogen and oxygen atoms in total. The number of rotatable bonds is 3. The van der Waals surface area contributed by atoms with Gasteiger partial charge < -0.3 is 9.80 Å². The fraction of sp³-hybridized carbons (Fsp3) is 0.833. The summed E-state index contributed by atoms with van der Waals surface area (Å²) in [5.74, 6) is 2.84. The van der Waals surface area contributed by atoms with E-state index >= 15 is 0 Å². The molecule has 1 aliphatic heterocycles. The molecule has 0 N–H and O–H groups in total. The Bertz CT molecular complexity index is 697. The van der Waals surface area contributed by atoms with Crippen LogP contribution in [0.25, 0.3) is 0 Å². The van der Waals surface area contributed by atoms with E-state index in [9.17, 15) is 9.59 Å². The van der Waals surface area contributed by atoms with Gasteiger partial charge in [0.25, 0.3) is 0 Å². The van der Waals surface area contributed by atoms with Crippen molar-refractivity contribution in [1.82, 2.24) is 9.80 Å². The molecule has 6 atom stereocenters. The van der Waals surface area contributed by atoms with Crippen molar-refractivity contribution in [3.05, 3.63) is 11.8 Å². The van der Waals surface area contributed by atoms with Crippen molar-refractivity contribution in [2.75, 3.05) is 20.1 Å². The van der Waals surface area contributed by atoms with Crippen LogP contribution in [0.2, 0.25) is 0 Å². The number of allylic oxidation sites excluding steroid dienone is 2. The summed E-state index contributed by atoms with van der Waals surface area (Å²) in [5, 5.41) is 0. The van der Waals surface area contributed by atoms with Crippen LogP contribution in [0, 0.1) is 34.5 Å². The van der Waals surface area contributed by atoms with Gasteiger partial charge in [0, 0.05) is 43.6 Å². The van der Waals surface area contributed by atoms with Crippen LogP contribution in [0.4, 0.5) is 0 Å². The molecule has 1 saturated heterocycles. The van der Waals surface area contributed by atoms with Crippen LogP contribution in [0.15, 0.2) is 11.8 Å². The first-order valence-electron chi connectivity index (χ1n) is 11.5. The zero-order chi connectivity index (χ0) is 20.3. The van der Waals surface area contributed by atoms with Gasteiger partial charge in [0.05, 0.1) is 0 Å². The lowest BCUT2D eigenvalue weighted by atomic mass is 9.49. The lowest BCUT2D eigenvalue weighted by Crippen LogP contribution is -2.54. The molecule has 4 heteroatoms. The van der Waals surface area contributed by atoms with Gasteiger partial charge in [-0.1, -0.05) is 19.9 Å². The van der Waals surface area contributed by atoms with Crippen LogP contribution in [0.1, 0.15) is 72.6 Å². The average molecular weight is 387 g/mol. The third-order valence-electron chi connectivity index (χ3n) is 9.39. The van der Waals surface area contributed by atoms with Crippen LogP contribution in [-0.4, -0.2) is 41.8 Å². The van der Waals surface area contributed by atoms with Gasteiger partial charge in [0.2, 0.25) is 11.8 Å². The minimum Gasteiger partial charge on any atom is -0.343 e. The summed E-state index contributed by atoms with van der Waals surface area (Å²) < 4.78 is 0. The number of piperidine rings is 1. The molecular formula is C24H38N2O2. The van der Waals surface area contributed by atoms with Gasteiger partial charge in [-0.05, 0) is 75.5 Å². The van der Waals surface area contributed by atoms with E-state index in [1.54, 1.807) is 0 Å². The predicted molar refractivity (Wildman–Crippen MR) is 111 cm³/mol. The van der Waals surface area contributed by atoms with Gasteiger partial charge in [-0.25, -0.2) is 0 Å². The lowest BCUT2D eigenvalue weighted by Gasteiger charge is -2.58. The third kappa shape index (κ3) is 2.62. The number of nitrogens with zero attached hydrogens (tertiary/aromatic N) is 2. The SMILES string of the molecule is CCN(CC)C(=O)C1CCC2C3CC=C4N(C)C(=O)CC[C@]4(C)C3CC[C@]12C. The molecule has 0 aromatic heterocycles. The van der Waals surface area contributed by atoms with Crippen LogP contribution >= 0.6 is 0 Å². The smallest absolute Gasteiger partial charge is 0.226 e. The zero-order valence-electron chi connectivity index (χ0n) is 18.5. The second-order valence-corrected chi connectivity index (χ2v) is 10.3. The first-order valence-corrected chi connectivity index (χ1v) is 11.5. The Morgan fingerprint density at radius 3 is 2.54 bits per heavy atom. The lowest BCUT2D eigenvalue weighted by molar-refractivity contribution is -0.144. The van der Waals surface area contributed by atoms with Crippen LogP contribution in [0.3, 0.4) is 0 Å². The maximum atomic E-state index is 13.3. The third-order valence-corrected chi connectivity index (χ3v) is 9.39. The predicted octanol–water partition coefficient (Wildman–Crippen LogP) is 4.46. The largest absolute Gasteiger partial charge is 0.343 e. The number of hydrogen-bond acceptors (Lipinski definition) is 2. The van der Waals surface area contributed by atoms with E-state index in [1.165, 1.54) is 18.5 Å². The normalized spacial score (nSPS) is 42.4. The van der Waals surface area contributed by atoms with E-state index in [2.05, 4.69) is 33.8 Å². The van der Waals surface area contributed by atoms with Crippen LogP contribution in [-0.2, 0) is 9.59 Å². The van der Waals surface area contributed by atoms with Crippen molar-refractivity contribution in [3.8, 4) is 0 Å². The summed E-state index contributed by atoms with van der Waals surface area (Å²) in [4.78, 5) is 29.5. The topological polar surface area (TPSA) is 40.6 Å². The van der Waals surface area contributed by atoms with E-state index in [4.69, 9.17) is 0 Å². The van der Waals surface area contributed by atoms with E-state index in [1.807, 2.05) is 16.8 Å². The Kier molecular flexibility index (Phi) is 4.91. The first kappa shape index (κ1) is 20.0. The molecule has 28 heavy (non-hydrogen) atoms. The Balaban J connectivity index is 1.62. The molecule has 4 rings (SSSR count). The highest BCUT2D eigenvalue weighted by molar-refractivity contribution is 5.80. The molecule has 0 aromatic carbocycles. The quantitative estimate of drug-likeness (QED) is 0.718. The van der Waals surface area contributed by atoms with Crippen molar-refractivity contribution >= 4 is 11.8 Å². The molecule has 0 aromatic rings. The maximum absolute atomic E-state index is 13.3. The Labute approximate surface area is 170 Å². The Hall–Kier alpha value is -1.32. The first-order chi connectivity index (χ1) is 13.3. The van der Waals surface area contributed by atoms with E-state index < -0.39 is 0 Å². The molecule has 3 fully saturated rings. The van der Waals surface area contributed by atoms with E-state index in [0.717, 1.165) is 38.8 Å². The monoisotopic (exact) mass is 386 g/mol. The summed E-state index contributed by atoms with van der Waals surface area (Å²) >= 11 is 0. The van der Waals surface area contributed by atoms with Crippen molar-refractivity contribution in [3.63, 3.8) is 0 Å². The number of fused-ring (bicyclic) bond motifs is 5. The molecule has 4 aliphatic rings. The van der Waals surface area contributed by atoms with E-state index in [-0.39, 0.29) is 22.7 Å². The maximum Gasteiger partial charge on any atom is 0.226 e. The van der Waals surface area contributed by atoms with Crippen molar-refractivity contribution < 1.29 is 9.59 Å². The van der Waals surface area contributed by atoms with Gasteiger partial charge in [0.1, 0.15) is 0 Å². The van der Waals surface area contributed by atoms with Crippen LogP contribution in [0.5, 0.6) is 0 Å².